The number of hydrogen-bond acceptors (Lipinski definition) is 2. The van der Waals surface area contributed by atoms with Crippen molar-refractivity contribution in [3.8, 4) is 0 Å². The molecule has 2 amide bonds. The minimum absolute atomic E-state index is 0.0506. The van der Waals surface area contributed by atoms with Crippen molar-refractivity contribution in [2.75, 3.05) is 19.6 Å². The van der Waals surface area contributed by atoms with E-state index in [1.165, 1.54) is 0 Å². The van der Waals surface area contributed by atoms with Gasteiger partial charge in [0.2, 0.25) is 0 Å². The van der Waals surface area contributed by atoms with Gasteiger partial charge in [-0.2, -0.15) is 0 Å². The molecule has 18 heavy (non-hydrogen) atoms. The molecule has 0 aliphatic rings. The van der Waals surface area contributed by atoms with Crippen LogP contribution in [-0.2, 0) is 6.54 Å². The molecule has 0 aliphatic carbocycles. The number of carbonyl (C=O) groups is 1. The van der Waals surface area contributed by atoms with E-state index in [0.29, 0.717) is 0 Å². The van der Waals surface area contributed by atoms with E-state index in [-0.39, 0.29) is 6.03 Å². The molecule has 0 unspecified atom stereocenters. The molecule has 0 atom stereocenters. The van der Waals surface area contributed by atoms with Gasteiger partial charge >= 0.3 is 6.03 Å². The summed E-state index contributed by atoms with van der Waals surface area (Å²) in [5.41, 5.74) is 0. The van der Waals surface area contributed by atoms with Crippen LogP contribution < -0.4 is 5.32 Å². The molecular formula is C13H24N4O. The summed E-state index contributed by atoms with van der Waals surface area (Å²) >= 11 is 0. The Kier molecular flexibility index (Phi) is 6.91. The maximum absolute atomic E-state index is 11.6. The van der Waals surface area contributed by atoms with Crippen molar-refractivity contribution < 1.29 is 4.79 Å². The number of aryl methyl sites for hydroxylation is 1. The summed E-state index contributed by atoms with van der Waals surface area (Å²) in [5, 5.41) is 2.95. The van der Waals surface area contributed by atoms with Gasteiger partial charge in [-0.25, -0.2) is 9.78 Å². The lowest BCUT2D eigenvalue weighted by Crippen LogP contribution is -2.40. The first-order valence-corrected chi connectivity index (χ1v) is 6.76. The van der Waals surface area contributed by atoms with E-state index in [9.17, 15) is 4.79 Å². The first-order chi connectivity index (χ1) is 8.77. The zero-order valence-corrected chi connectivity index (χ0v) is 11.4. The molecule has 0 saturated heterocycles. The predicted octanol–water partition coefficient (Wildman–Crippen LogP) is 2.10. The van der Waals surface area contributed by atoms with E-state index in [1.807, 2.05) is 26.4 Å². The van der Waals surface area contributed by atoms with Crippen molar-refractivity contribution in [3.63, 3.8) is 0 Å². The minimum Gasteiger partial charge on any atom is -0.338 e. The first kappa shape index (κ1) is 14.5. The minimum atomic E-state index is 0.0506. The van der Waals surface area contributed by atoms with Crippen molar-refractivity contribution >= 4 is 6.03 Å². The van der Waals surface area contributed by atoms with Gasteiger partial charge in [0, 0.05) is 38.6 Å². The van der Waals surface area contributed by atoms with Crippen LogP contribution in [0.2, 0.25) is 0 Å². The molecule has 1 heterocycles. The van der Waals surface area contributed by atoms with Gasteiger partial charge < -0.3 is 14.8 Å². The highest BCUT2D eigenvalue weighted by Gasteiger charge is 2.06. The lowest BCUT2D eigenvalue weighted by molar-refractivity contribution is 0.203. The highest BCUT2D eigenvalue weighted by Crippen LogP contribution is 1.98. The second kappa shape index (κ2) is 8.55. The fourth-order valence-corrected chi connectivity index (χ4v) is 1.83. The molecular weight excluding hydrogens is 228 g/mol. The Hall–Kier alpha value is -1.52. The lowest BCUT2D eigenvalue weighted by atomic mass is 10.2. The van der Waals surface area contributed by atoms with Crippen LogP contribution in [0.3, 0.4) is 0 Å². The largest absolute Gasteiger partial charge is 0.338 e. The summed E-state index contributed by atoms with van der Waals surface area (Å²) in [7, 11) is 0. The molecule has 0 bridgehead atoms. The number of nitrogens with zero attached hydrogens (tertiary/aromatic N) is 3. The number of imidazole rings is 1. The maximum Gasteiger partial charge on any atom is 0.317 e. The third kappa shape index (κ3) is 5.21. The molecule has 0 aliphatic heterocycles. The number of unbranched alkanes of at least 4 members (excludes halogenated alkanes) is 2. The Morgan fingerprint density at radius 3 is 2.67 bits per heavy atom. The molecule has 1 aromatic heterocycles. The van der Waals surface area contributed by atoms with Crippen molar-refractivity contribution in [2.24, 2.45) is 0 Å². The SMILES string of the molecule is CCN(CC)C(=O)NCCCCCn1ccnc1. The number of urea groups is 1. The van der Waals surface area contributed by atoms with Gasteiger partial charge in [-0.3, -0.25) is 0 Å². The van der Waals surface area contributed by atoms with Gasteiger partial charge in [-0.1, -0.05) is 0 Å². The van der Waals surface area contributed by atoms with E-state index < -0.39 is 0 Å². The Bertz CT molecular complexity index is 320. The van der Waals surface area contributed by atoms with Gasteiger partial charge in [0.1, 0.15) is 0 Å². The fourth-order valence-electron chi connectivity index (χ4n) is 1.83. The quantitative estimate of drug-likeness (QED) is 0.720. The summed E-state index contributed by atoms with van der Waals surface area (Å²) in [6.45, 7) is 7.29. The van der Waals surface area contributed by atoms with Gasteiger partial charge in [-0.15, -0.1) is 0 Å². The smallest absolute Gasteiger partial charge is 0.317 e. The highest BCUT2D eigenvalue weighted by atomic mass is 16.2. The molecule has 102 valence electrons. The second-order valence-electron chi connectivity index (χ2n) is 4.27. The first-order valence-electron chi connectivity index (χ1n) is 6.76. The number of amides is 2. The predicted molar refractivity (Wildman–Crippen MR) is 72.4 cm³/mol. The van der Waals surface area contributed by atoms with Crippen molar-refractivity contribution in [1.82, 2.24) is 19.8 Å². The van der Waals surface area contributed by atoms with Crippen LogP contribution in [0.5, 0.6) is 0 Å². The van der Waals surface area contributed by atoms with Crippen molar-refractivity contribution in [2.45, 2.75) is 39.7 Å². The molecule has 5 heteroatoms. The summed E-state index contributed by atoms with van der Waals surface area (Å²) in [4.78, 5) is 17.4. The van der Waals surface area contributed by atoms with Crippen LogP contribution in [0.25, 0.3) is 0 Å². The molecule has 1 aromatic rings. The van der Waals surface area contributed by atoms with Crippen LogP contribution in [-0.4, -0.2) is 40.1 Å². The van der Waals surface area contributed by atoms with E-state index in [2.05, 4.69) is 14.9 Å². The third-order valence-corrected chi connectivity index (χ3v) is 2.98. The van der Waals surface area contributed by atoms with E-state index in [1.54, 1.807) is 11.1 Å². The Labute approximate surface area is 109 Å². The molecule has 0 fully saturated rings. The van der Waals surface area contributed by atoms with E-state index in [0.717, 1.165) is 45.4 Å². The molecule has 1 rings (SSSR count). The normalized spacial score (nSPS) is 10.3. The van der Waals surface area contributed by atoms with Gasteiger partial charge in [0.25, 0.3) is 0 Å². The van der Waals surface area contributed by atoms with Crippen LogP contribution >= 0.6 is 0 Å². The summed E-state index contributed by atoms with van der Waals surface area (Å²) in [5.74, 6) is 0. The van der Waals surface area contributed by atoms with Crippen molar-refractivity contribution in [3.05, 3.63) is 18.7 Å². The zero-order chi connectivity index (χ0) is 13.2. The number of aromatic nitrogens is 2. The molecule has 0 spiro atoms. The summed E-state index contributed by atoms with van der Waals surface area (Å²) in [6.07, 6.45) is 8.88. The highest BCUT2D eigenvalue weighted by molar-refractivity contribution is 5.73. The summed E-state index contributed by atoms with van der Waals surface area (Å²) < 4.78 is 2.08. The molecule has 0 saturated carbocycles. The Morgan fingerprint density at radius 1 is 1.28 bits per heavy atom. The molecule has 0 radical (unpaired) electrons. The third-order valence-electron chi connectivity index (χ3n) is 2.98. The molecule has 0 aromatic carbocycles. The average molecular weight is 252 g/mol. The monoisotopic (exact) mass is 252 g/mol. The number of hydrogen-bond donors (Lipinski definition) is 1. The van der Waals surface area contributed by atoms with Crippen LogP contribution in [0.4, 0.5) is 4.79 Å². The number of nitrogens with one attached hydrogen (secondary N) is 1. The molecule has 1 N–H and O–H groups in total. The van der Waals surface area contributed by atoms with Crippen LogP contribution in [0, 0.1) is 0 Å². The Balaban J connectivity index is 2.00. The van der Waals surface area contributed by atoms with Crippen LogP contribution in [0.1, 0.15) is 33.1 Å². The zero-order valence-electron chi connectivity index (χ0n) is 11.4. The number of rotatable bonds is 8. The fraction of sp³-hybridized carbons (Fsp3) is 0.692. The topological polar surface area (TPSA) is 50.2 Å². The van der Waals surface area contributed by atoms with E-state index in [4.69, 9.17) is 0 Å². The second-order valence-corrected chi connectivity index (χ2v) is 4.27. The average Bonchev–Trinajstić information content (AvgIpc) is 2.88. The van der Waals surface area contributed by atoms with E-state index >= 15 is 0 Å². The van der Waals surface area contributed by atoms with Crippen molar-refractivity contribution in [1.29, 1.82) is 0 Å². The maximum atomic E-state index is 11.6. The lowest BCUT2D eigenvalue weighted by Gasteiger charge is -2.19. The molecule has 5 nitrogen and oxygen atoms in total. The van der Waals surface area contributed by atoms with Gasteiger partial charge in [-0.05, 0) is 33.1 Å². The van der Waals surface area contributed by atoms with Gasteiger partial charge in [0.05, 0.1) is 6.33 Å². The number of carbonyl (C=O) groups excluding carboxylic acids is 1. The Morgan fingerprint density at radius 2 is 2.06 bits per heavy atom. The standard InChI is InChI=1S/C13H24N4O/c1-3-17(4-2)13(18)15-8-6-5-7-10-16-11-9-14-12-16/h9,11-12H,3-8,10H2,1-2H3,(H,15,18). The summed E-state index contributed by atoms with van der Waals surface area (Å²) in [6, 6.07) is 0.0506. The van der Waals surface area contributed by atoms with Gasteiger partial charge in [0.15, 0.2) is 0 Å². The van der Waals surface area contributed by atoms with Crippen LogP contribution in [0.15, 0.2) is 18.7 Å².